The summed E-state index contributed by atoms with van der Waals surface area (Å²) in [6, 6.07) is 5.92. The zero-order chi connectivity index (χ0) is 19.1. The zero-order valence-electron chi connectivity index (χ0n) is 15.4. The van der Waals surface area contributed by atoms with Gasteiger partial charge in [0, 0.05) is 48.3 Å². The molecule has 1 saturated heterocycles. The second kappa shape index (κ2) is 6.98. The summed E-state index contributed by atoms with van der Waals surface area (Å²) < 4.78 is 20.2. The summed E-state index contributed by atoms with van der Waals surface area (Å²) in [7, 11) is 0. The Morgan fingerprint density at radius 3 is 2.86 bits per heavy atom. The predicted octanol–water partition coefficient (Wildman–Crippen LogP) is 3.28. The minimum Gasteiger partial charge on any atom is -0.381 e. The number of nitrogens with one attached hydrogen (secondary N) is 1. The summed E-state index contributed by atoms with van der Waals surface area (Å²) in [5.74, 6) is -0.143. The lowest BCUT2D eigenvalue weighted by Crippen LogP contribution is -2.38. The minimum absolute atomic E-state index is 0.0538. The molecule has 5 rings (SSSR count). The van der Waals surface area contributed by atoms with Crippen LogP contribution >= 0.6 is 0 Å². The van der Waals surface area contributed by atoms with Gasteiger partial charge in [0.05, 0.1) is 24.3 Å². The summed E-state index contributed by atoms with van der Waals surface area (Å²) in [5, 5.41) is 1.01. The van der Waals surface area contributed by atoms with Gasteiger partial charge in [0.25, 0.3) is 0 Å². The molecule has 5 heterocycles. The van der Waals surface area contributed by atoms with Gasteiger partial charge >= 0.3 is 0 Å². The normalized spacial score (nSPS) is 18.6. The fourth-order valence-electron chi connectivity index (χ4n) is 4.08. The maximum absolute atomic E-state index is 14.9. The smallest absolute Gasteiger partial charge is 0.233 e. The quantitative estimate of drug-likeness (QED) is 0.754. The van der Waals surface area contributed by atoms with E-state index in [4.69, 9.17) is 4.74 Å². The van der Waals surface area contributed by atoms with Crippen molar-refractivity contribution in [2.45, 2.75) is 25.4 Å². The van der Waals surface area contributed by atoms with Crippen molar-refractivity contribution >= 4 is 22.6 Å². The number of nitrogens with zero attached hydrogens (tertiary/aromatic N) is 3. The van der Waals surface area contributed by atoms with Crippen LogP contribution in [0.15, 0.2) is 36.8 Å². The number of H-pyrrole nitrogens is 1. The van der Waals surface area contributed by atoms with E-state index in [9.17, 15) is 9.18 Å². The molecule has 1 N–H and O–H groups in total. The highest BCUT2D eigenvalue weighted by Crippen LogP contribution is 2.34. The standard InChI is InChI=1S/C21H21FN4O2/c22-17(13-2-5-28-6-3-13)12-26-19-8-16(10-24-18(19)9-20(26)27)15-7-14-1-4-23-21(14)25-11-15/h1,4,7-8,10-11,13,17H,2-3,5-6,9,12H2,(H,23,25). The maximum Gasteiger partial charge on any atom is 0.233 e. The molecule has 0 saturated carbocycles. The molecule has 3 aromatic heterocycles. The molecule has 1 unspecified atom stereocenters. The first-order chi connectivity index (χ1) is 13.7. The first kappa shape index (κ1) is 17.3. The summed E-state index contributed by atoms with van der Waals surface area (Å²) >= 11 is 0. The number of hydrogen-bond donors (Lipinski definition) is 1. The Morgan fingerprint density at radius 1 is 1.21 bits per heavy atom. The van der Waals surface area contributed by atoms with Crippen LogP contribution in [0.3, 0.4) is 0 Å². The van der Waals surface area contributed by atoms with Crippen LogP contribution in [0.2, 0.25) is 0 Å². The van der Waals surface area contributed by atoms with Gasteiger partial charge in [-0.05, 0) is 37.0 Å². The Morgan fingerprint density at radius 2 is 2.00 bits per heavy atom. The average molecular weight is 380 g/mol. The number of pyridine rings is 2. The second-order valence-electron chi connectivity index (χ2n) is 7.48. The van der Waals surface area contributed by atoms with Crippen LogP contribution in [-0.2, 0) is 16.0 Å². The summed E-state index contributed by atoms with van der Waals surface area (Å²) in [4.78, 5) is 26.1. The van der Waals surface area contributed by atoms with Crippen LogP contribution in [-0.4, -0.2) is 46.8 Å². The first-order valence-electron chi connectivity index (χ1n) is 9.63. The van der Waals surface area contributed by atoms with Crippen LogP contribution in [0.1, 0.15) is 18.5 Å². The third kappa shape index (κ3) is 3.05. The van der Waals surface area contributed by atoms with E-state index in [1.807, 2.05) is 24.4 Å². The van der Waals surface area contributed by atoms with Crippen LogP contribution in [0.5, 0.6) is 0 Å². The van der Waals surface area contributed by atoms with E-state index in [2.05, 4.69) is 15.0 Å². The number of alkyl halides is 1. The molecule has 0 bridgehead atoms. The van der Waals surface area contributed by atoms with Gasteiger partial charge in [-0.25, -0.2) is 9.37 Å². The third-order valence-electron chi connectivity index (χ3n) is 5.73. The SMILES string of the molecule is O=C1Cc2ncc(-c3cnc4[nH]ccc4c3)cc2N1CC(F)C1CCOCC1. The van der Waals surface area contributed by atoms with E-state index < -0.39 is 6.17 Å². The van der Waals surface area contributed by atoms with Gasteiger partial charge in [0.15, 0.2) is 0 Å². The molecule has 3 aromatic rings. The number of rotatable bonds is 4. The molecule has 0 spiro atoms. The molecule has 28 heavy (non-hydrogen) atoms. The van der Waals surface area contributed by atoms with E-state index >= 15 is 0 Å². The predicted molar refractivity (Wildman–Crippen MR) is 104 cm³/mol. The van der Waals surface area contributed by atoms with Crippen molar-refractivity contribution < 1.29 is 13.9 Å². The molecule has 144 valence electrons. The van der Waals surface area contributed by atoms with Crippen molar-refractivity contribution in [3.63, 3.8) is 0 Å². The molecule has 1 atom stereocenters. The molecular weight excluding hydrogens is 359 g/mol. The number of anilines is 1. The van der Waals surface area contributed by atoms with Gasteiger partial charge < -0.3 is 14.6 Å². The number of aromatic nitrogens is 3. The molecule has 6 nitrogen and oxygen atoms in total. The highest BCUT2D eigenvalue weighted by Gasteiger charge is 2.33. The molecule has 1 amide bonds. The number of hydrogen-bond acceptors (Lipinski definition) is 4. The number of aromatic amines is 1. The Labute approximate surface area is 161 Å². The van der Waals surface area contributed by atoms with Crippen LogP contribution in [0.4, 0.5) is 10.1 Å². The monoisotopic (exact) mass is 380 g/mol. The summed E-state index contributed by atoms with van der Waals surface area (Å²) in [5.41, 5.74) is 4.04. The van der Waals surface area contributed by atoms with E-state index in [0.29, 0.717) is 37.4 Å². The van der Waals surface area contributed by atoms with Crippen molar-refractivity contribution in [2.75, 3.05) is 24.7 Å². The lowest BCUT2D eigenvalue weighted by molar-refractivity contribution is -0.117. The molecule has 7 heteroatoms. The Kier molecular flexibility index (Phi) is 4.31. The van der Waals surface area contributed by atoms with Crippen molar-refractivity contribution in [2.24, 2.45) is 5.92 Å². The molecule has 2 aliphatic heterocycles. The van der Waals surface area contributed by atoms with Gasteiger partial charge in [-0.15, -0.1) is 0 Å². The number of amides is 1. The van der Waals surface area contributed by atoms with E-state index in [1.165, 1.54) is 0 Å². The Balaban J connectivity index is 1.43. The van der Waals surface area contributed by atoms with Gasteiger partial charge in [0.1, 0.15) is 11.8 Å². The fourth-order valence-corrected chi connectivity index (χ4v) is 4.08. The summed E-state index contributed by atoms with van der Waals surface area (Å²) in [6.45, 7) is 1.27. The number of carbonyl (C=O) groups is 1. The van der Waals surface area contributed by atoms with Crippen LogP contribution < -0.4 is 4.90 Å². The maximum atomic E-state index is 14.9. The fraction of sp³-hybridized carbons (Fsp3) is 0.381. The molecule has 0 aromatic carbocycles. The number of halogens is 1. The molecule has 2 aliphatic rings. The van der Waals surface area contributed by atoms with E-state index in [-0.39, 0.29) is 24.8 Å². The average Bonchev–Trinajstić information content (AvgIpc) is 3.32. The van der Waals surface area contributed by atoms with Crippen molar-refractivity contribution in [1.82, 2.24) is 15.0 Å². The van der Waals surface area contributed by atoms with Crippen molar-refractivity contribution in [1.29, 1.82) is 0 Å². The first-order valence-corrected chi connectivity index (χ1v) is 9.63. The summed E-state index contributed by atoms with van der Waals surface area (Å²) in [6.07, 6.45) is 5.97. The molecule has 0 radical (unpaired) electrons. The lowest BCUT2D eigenvalue weighted by Gasteiger charge is -2.28. The van der Waals surface area contributed by atoms with Gasteiger partial charge in [-0.3, -0.25) is 9.78 Å². The van der Waals surface area contributed by atoms with E-state index in [0.717, 1.165) is 22.2 Å². The largest absolute Gasteiger partial charge is 0.381 e. The second-order valence-corrected chi connectivity index (χ2v) is 7.48. The molecule has 1 fully saturated rings. The van der Waals surface area contributed by atoms with Gasteiger partial charge in [0.2, 0.25) is 5.91 Å². The number of fused-ring (bicyclic) bond motifs is 2. The minimum atomic E-state index is -1.06. The Hall–Kier alpha value is -2.80. The van der Waals surface area contributed by atoms with Gasteiger partial charge in [-0.1, -0.05) is 0 Å². The highest BCUT2D eigenvalue weighted by molar-refractivity contribution is 6.01. The van der Waals surface area contributed by atoms with Crippen molar-refractivity contribution in [3.05, 3.63) is 42.5 Å². The van der Waals surface area contributed by atoms with Crippen molar-refractivity contribution in [3.8, 4) is 11.1 Å². The Bertz CT molecular complexity index is 1030. The number of carbonyl (C=O) groups excluding carboxylic acids is 1. The van der Waals surface area contributed by atoms with Crippen LogP contribution in [0.25, 0.3) is 22.2 Å². The van der Waals surface area contributed by atoms with Crippen LogP contribution in [0, 0.1) is 5.92 Å². The molecular formula is C21H21FN4O2. The molecule has 0 aliphatic carbocycles. The lowest BCUT2D eigenvalue weighted by atomic mass is 9.94. The topological polar surface area (TPSA) is 71.1 Å². The van der Waals surface area contributed by atoms with E-state index in [1.54, 1.807) is 17.3 Å². The highest BCUT2D eigenvalue weighted by atomic mass is 19.1. The zero-order valence-corrected chi connectivity index (χ0v) is 15.4. The number of ether oxygens (including phenoxy) is 1. The van der Waals surface area contributed by atoms with Gasteiger partial charge in [-0.2, -0.15) is 0 Å². The third-order valence-corrected chi connectivity index (χ3v) is 5.73.